The Balaban J connectivity index is 2.69. The molecule has 2 rings (SSSR count). The highest BCUT2D eigenvalue weighted by molar-refractivity contribution is 7.91. The van der Waals surface area contributed by atoms with E-state index in [4.69, 9.17) is 0 Å². The molecular formula is C13H9NO2S2. The summed E-state index contributed by atoms with van der Waals surface area (Å²) < 4.78 is 27.1. The molecule has 0 heterocycles. The summed E-state index contributed by atoms with van der Waals surface area (Å²) in [6.07, 6.45) is 0. The monoisotopic (exact) mass is 275 g/mol. The van der Waals surface area contributed by atoms with Crippen LogP contribution in [0.5, 0.6) is 0 Å². The molecule has 0 aliphatic rings. The Morgan fingerprint density at radius 3 is 2.22 bits per heavy atom. The van der Waals surface area contributed by atoms with Gasteiger partial charge in [0.2, 0.25) is 0 Å². The lowest BCUT2D eigenvalue weighted by Crippen LogP contribution is -1.98. The van der Waals surface area contributed by atoms with E-state index < -0.39 is 10.0 Å². The first-order chi connectivity index (χ1) is 8.65. The molecule has 3 nitrogen and oxygen atoms in total. The summed E-state index contributed by atoms with van der Waals surface area (Å²) in [5.41, 5.74) is 1.42. The van der Waals surface area contributed by atoms with Crippen molar-refractivity contribution >= 4 is 27.4 Å². The number of rotatable bonds is 3. The minimum Gasteiger partial charge on any atom is -0.199 e. The molecule has 0 spiro atoms. The van der Waals surface area contributed by atoms with Crippen molar-refractivity contribution in [1.29, 1.82) is 0 Å². The highest BCUT2D eigenvalue weighted by atomic mass is 32.2. The molecule has 0 saturated carbocycles. The quantitative estimate of drug-likeness (QED) is 0.638. The van der Waals surface area contributed by atoms with Gasteiger partial charge < -0.3 is 0 Å². The Kier molecular flexibility index (Phi) is 3.67. The van der Waals surface area contributed by atoms with E-state index >= 15 is 0 Å². The first-order valence-corrected chi connectivity index (χ1v) is 6.98. The van der Waals surface area contributed by atoms with Crippen LogP contribution in [-0.2, 0) is 10.0 Å². The van der Waals surface area contributed by atoms with Crippen molar-refractivity contribution in [3.63, 3.8) is 0 Å². The van der Waals surface area contributed by atoms with Gasteiger partial charge in [0.05, 0.1) is 10.1 Å². The summed E-state index contributed by atoms with van der Waals surface area (Å²) >= 11 is 4.36. The number of nitrogens with zero attached hydrogens (tertiary/aromatic N) is 1. The molecule has 2 aromatic rings. The summed E-state index contributed by atoms with van der Waals surface area (Å²) in [7, 11) is -3.78. The topological polar surface area (TPSA) is 46.5 Å². The molecule has 0 radical (unpaired) electrons. The molecule has 0 fully saturated rings. The van der Waals surface area contributed by atoms with E-state index in [0.717, 1.165) is 5.56 Å². The number of hydrogen-bond donors (Lipinski definition) is 0. The third-order valence-corrected chi connectivity index (χ3v) is 3.86. The zero-order valence-corrected chi connectivity index (χ0v) is 10.9. The number of sulfonamides is 1. The SMILES string of the molecule is O=S(=O)(N=C=S)c1ccccc1-c1ccccc1. The summed E-state index contributed by atoms with van der Waals surface area (Å²) in [6.45, 7) is 0. The molecule has 0 amide bonds. The summed E-state index contributed by atoms with van der Waals surface area (Å²) in [5, 5.41) is 1.91. The van der Waals surface area contributed by atoms with Crippen LogP contribution in [-0.4, -0.2) is 13.6 Å². The van der Waals surface area contributed by atoms with Crippen molar-refractivity contribution in [2.24, 2.45) is 4.40 Å². The van der Waals surface area contributed by atoms with Gasteiger partial charge in [0.25, 0.3) is 10.0 Å². The van der Waals surface area contributed by atoms with E-state index in [2.05, 4.69) is 16.6 Å². The molecular weight excluding hydrogens is 266 g/mol. The van der Waals surface area contributed by atoms with Gasteiger partial charge in [-0.1, -0.05) is 48.5 Å². The Morgan fingerprint density at radius 2 is 1.56 bits per heavy atom. The third-order valence-electron chi connectivity index (χ3n) is 2.41. The average Bonchev–Trinajstić information content (AvgIpc) is 2.40. The van der Waals surface area contributed by atoms with Gasteiger partial charge in [-0.05, 0) is 23.8 Å². The van der Waals surface area contributed by atoms with E-state index in [1.807, 2.05) is 35.5 Å². The van der Waals surface area contributed by atoms with Crippen molar-refractivity contribution in [2.75, 3.05) is 0 Å². The maximum Gasteiger partial charge on any atom is 0.291 e. The zero-order valence-electron chi connectivity index (χ0n) is 9.28. The van der Waals surface area contributed by atoms with Crippen molar-refractivity contribution in [2.45, 2.75) is 4.90 Å². The first kappa shape index (κ1) is 12.6. The van der Waals surface area contributed by atoms with Gasteiger partial charge in [0, 0.05) is 5.56 Å². The van der Waals surface area contributed by atoms with Crippen LogP contribution < -0.4 is 0 Å². The highest BCUT2D eigenvalue weighted by Crippen LogP contribution is 2.27. The second kappa shape index (κ2) is 5.23. The van der Waals surface area contributed by atoms with Crippen molar-refractivity contribution in [3.05, 3.63) is 54.6 Å². The van der Waals surface area contributed by atoms with E-state index in [-0.39, 0.29) is 4.90 Å². The fourth-order valence-corrected chi connectivity index (χ4v) is 2.85. The highest BCUT2D eigenvalue weighted by Gasteiger charge is 2.17. The number of isothiocyanates is 1. The van der Waals surface area contributed by atoms with Crippen LogP contribution in [0.4, 0.5) is 0 Å². The van der Waals surface area contributed by atoms with E-state index in [1.54, 1.807) is 18.2 Å². The molecule has 0 unspecified atom stereocenters. The molecule has 0 N–H and O–H groups in total. The largest absolute Gasteiger partial charge is 0.291 e. The predicted molar refractivity (Wildman–Crippen MR) is 74.1 cm³/mol. The maximum absolute atomic E-state index is 11.9. The van der Waals surface area contributed by atoms with Gasteiger partial charge in [-0.15, -0.1) is 4.40 Å². The number of benzene rings is 2. The van der Waals surface area contributed by atoms with E-state index in [9.17, 15) is 8.42 Å². The molecule has 0 bridgehead atoms. The Morgan fingerprint density at radius 1 is 0.944 bits per heavy atom. The maximum atomic E-state index is 11.9. The van der Waals surface area contributed by atoms with Gasteiger partial charge in [-0.3, -0.25) is 0 Å². The average molecular weight is 275 g/mol. The van der Waals surface area contributed by atoms with Gasteiger partial charge in [-0.25, -0.2) is 0 Å². The second-order valence-electron chi connectivity index (χ2n) is 3.52. The summed E-state index contributed by atoms with van der Waals surface area (Å²) in [6, 6.07) is 15.9. The molecule has 0 aliphatic carbocycles. The van der Waals surface area contributed by atoms with Crippen LogP contribution in [0.1, 0.15) is 0 Å². The Labute approximate surface area is 111 Å². The van der Waals surface area contributed by atoms with Crippen LogP contribution in [0.25, 0.3) is 11.1 Å². The number of hydrogen-bond acceptors (Lipinski definition) is 3. The lowest BCUT2D eigenvalue weighted by atomic mass is 10.1. The van der Waals surface area contributed by atoms with Gasteiger partial charge in [0.1, 0.15) is 0 Å². The molecule has 5 heteroatoms. The zero-order chi connectivity index (χ0) is 13.0. The molecule has 90 valence electrons. The van der Waals surface area contributed by atoms with Crippen molar-refractivity contribution in [3.8, 4) is 11.1 Å². The van der Waals surface area contributed by atoms with Gasteiger partial charge in [-0.2, -0.15) is 8.42 Å². The molecule has 0 saturated heterocycles. The smallest absolute Gasteiger partial charge is 0.199 e. The Hall–Kier alpha value is -1.81. The standard InChI is InChI=1S/C13H9NO2S2/c15-18(16,14-10-17)13-9-5-4-8-12(13)11-6-2-1-3-7-11/h1-9H. The first-order valence-electron chi connectivity index (χ1n) is 5.14. The second-order valence-corrected chi connectivity index (χ2v) is 5.27. The minimum atomic E-state index is -3.78. The summed E-state index contributed by atoms with van der Waals surface area (Å²) in [4.78, 5) is 0.133. The predicted octanol–water partition coefficient (Wildman–Crippen LogP) is 3.15. The van der Waals surface area contributed by atoms with Gasteiger partial charge >= 0.3 is 0 Å². The Bertz CT molecular complexity index is 703. The lowest BCUT2D eigenvalue weighted by molar-refractivity contribution is 0.598. The van der Waals surface area contributed by atoms with Crippen LogP contribution in [0, 0.1) is 0 Å². The normalized spacial score (nSPS) is 10.7. The van der Waals surface area contributed by atoms with E-state index in [1.165, 1.54) is 6.07 Å². The van der Waals surface area contributed by atoms with Crippen LogP contribution in [0.2, 0.25) is 0 Å². The van der Waals surface area contributed by atoms with Crippen LogP contribution >= 0.6 is 12.2 Å². The molecule has 2 aromatic carbocycles. The van der Waals surface area contributed by atoms with Crippen molar-refractivity contribution in [1.82, 2.24) is 0 Å². The van der Waals surface area contributed by atoms with Crippen LogP contribution in [0.3, 0.4) is 0 Å². The van der Waals surface area contributed by atoms with Crippen molar-refractivity contribution < 1.29 is 8.42 Å². The molecule has 18 heavy (non-hydrogen) atoms. The molecule has 0 aliphatic heterocycles. The van der Waals surface area contributed by atoms with E-state index in [0.29, 0.717) is 5.56 Å². The third kappa shape index (κ3) is 2.54. The molecule has 0 atom stereocenters. The lowest BCUT2D eigenvalue weighted by Gasteiger charge is -2.06. The minimum absolute atomic E-state index is 0.133. The number of thiocarbonyl (C=S) groups is 1. The fraction of sp³-hybridized carbons (Fsp3) is 0. The molecule has 0 aromatic heterocycles. The van der Waals surface area contributed by atoms with Gasteiger partial charge in [0.15, 0.2) is 0 Å². The summed E-state index contributed by atoms with van der Waals surface area (Å²) in [5.74, 6) is 0. The van der Waals surface area contributed by atoms with Crippen LogP contribution in [0.15, 0.2) is 63.9 Å². The fourth-order valence-electron chi connectivity index (χ4n) is 1.65.